The fourth-order valence-electron chi connectivity index (χ4n) is 1.98. The second-order valence-corrected chi connectivity index (χ2v) is 4.56. The van der Waals surface area contributed by atoms with Crippen LogP contribution in [0.4, 0.5) is 0 Å². The molecular weight excluding hydrogens is 262 g/mol. The second-order valence-electron chi connectivity index (χ2n) is 4.56. The molecule has 0 bridgehead atoms. The number of nitrogens with zero attached hydrogens (tertiary/aromatic N) is 1. The Morgan fingerprint density at radius 2 is 2.05 bits per heavy atom. The summed E-state index contributed by atoms with van der Waals surface area (Å²) in [6, 6.07) is 7.27. The number of benzene rings is 1. The molecular formula is C13H15N3O4. The molecule has 1 aliphatic rings. The maximum atomic E-state index is 11.9. The van der Waals surface area contributed by atoms with Crippen LogP contribution in [0.3, 0.4) is 0 Å². The third kappa shape index (κ3) is 2.94. The van der Waals surface area contributed by atoms with E-state index in [2.05, 4.69) is 5.32 Å². The Balaban J connectivity index is 1.87. The van der Waals surface area contributed by atoms with E-state index in [0.29, 0.717) is 5.56 Å². The maximum absolute atomic E-state index is 11.9. The zero-order valence-electron chi connectivity index (χ0n) is 10.7. The van der Waals surface area contributed by atoms with Crippen molar-refractivity contribution < 1.29 is 19.5 Å². The highest BCUT2D eigenvalue weighted by Crippen LogP contribution is 2.13. The van der Waals surface area contributed by atoms with Gasteiger partial charge in [-0.1, -0.05) is 30.3 Å². The van der Waals surface area contributed by atoms with Gasteiger partial charge in [-0.2, -0.15) is 0 Å². The third-order valence-electron chi connectivity index (χ3n) is 3.10. The number of hydrogen-bond donors (Lipinski definition) is 3. The number of aliphatic carboxylic acids is 1. The molecule has 1 heterocycles. The summed E-state index contributed by atoms with van der Waals surface area (Å²) in [4.78, 5) is 35.1. The van der Waals surface area contributed by atoms with E-state index in [1.54, 1.807) is 24.3 Å². The zero-order chi connectivity index (χ0) is 14.7. The highest BCUT2D eigenvalue weighted by atomic mass is 16.4. The molecule has 0 spiro atoms. The predicted molar refractivity (Wildman–Crippen MR) is 69.5 cm³/mol. The van der Waals surface area contributed by atoms with Crippen LogP contribution in [-0.2, 0) is 14.4 Å². The topological polar surface area (TPSA) is 113 Å². The van der Waals surface area contributed by atoms with Crippen LogP contribution in [0.5, 0.6) is 0 Å². The van der Waals surface area contributed by atoms with Gasteiger partial charge in [0.25, 0.3) is 0 Å². The first kappa shape index (κ1) is 14.0. The fraction of sp³-hybridized carbons (Fsp3) is 0.308. The first-order valence-corrected chi connectivity index (χ1v) is 6.10. The van der Waals surface area contributed by atoms with E-state index in [1.807, 2.05) is 6.07 Å². The Morgan fingerprint density at radius 3 is 2.60 bits per heavy atom. The van der Waals surface area contributed by atoms with Gasteiger partial charge in [0.2, 0.25) is 11.8 Å². The van der Waals surface area contributed by atoms with Gasteiger partial charge in [-0.3, -0.25) is 14.4 Å². The average molecular weight is 277 g/mol. The van der Waals surface area contributed by atoms with Gasteiger partial charge in [0, 0.05) is 0 Å². The quantitative estimate of drug-likeness (QED) is 0.604. The third-order valence-corrected chi connectivity index (χ3v) is 3.10. The minimum atomic E-state index is -1.08. The number of carbonyl (C=O) groups is 3. The van der Waals surface area contributed by atoms with Gasteiger partial charge < -0.3 is 21.1 Å². The molecule has 1 fully saturated rings. The summed E-state index contributed by atoms with van der Waals surface area (Å²) in [5.74, 6) is -1.94. The highest BCUT2D eigenvalue weighted by Gasteiger charge is 2.39. The lowest BCUT2D eigenvalue weighted by Gasteiger charge is -2.37. The van der Waals surface area contributed by atoms with Crippen LogP contribution < -0.4 is 11.1 Å². The summed E-state index contributed by atoms with van der Waals surface area (Å²) < 4.78 is 0. The average Bonchev–Trinajstić information content (AvgIpc) is 2.45. The summed E-state index contributed by atoms with van der Waals surface area (Å²) in [7, 11) is 0. The normalized spacial score (nSPS) is 19.1. The molecule has 106 valence electrons. The summed E-state index contributed by atoms with van der Waals surface area (Å²) >= 11 is 0. The molecule has 0 saturated carbocycles. The van der Waals surface area contributed by atoms with Crippen LogP contribution in [0.15, 0.2) is 30.3 Å². The number of likely N-dealkylation sites (tertiary alicyclic amines) is 1. The molecule has 7 heteroatoms. The van der Waals surface area contributed by atoms with Crippen LogP contribution in [0, 0.1) is 0 Å². The van der Waals surface area contributed by atoms with Crippen molar-refractivity contribution in [2.75, 3.05) is 13.1 Å². The van der Waals surface area contributed by atoms with Crippen molar-refractivity contribution in [1.82, 2.24) is 10.2 Å². The minimum Gasteiger partial charge on any atom is -0.480 e. The molecule has 1 aromatic rings. The molecule has 2 amide bonds. The van der Waals surface area contributed by atoms with E-state index in [4.69, 9.17) is 10.8 Å². The van der Waals surface area contributed by atoms with Crippen LogP contribution in [0.1, 0.15) is 11.6 Å². The van der Waals surface area contributed by atoms with E-state index in [0.717, 1.165) is 4.90 Å². The lowest BCUT2D eigenvalue weighted by atomic mass is 10.0. The summed E-state index contributed by atoms with van der Waals surface area (Å²) in [6.07, 6.45) is 0. The Hall–Kier alpha value is -2.41. The van der Waals surface area contributed by atoms with E-state index < -0.39 is 29.9 Å². The summed E-state index contributed by atoms with van der Waals surface area (Å²) in [5.41, 5.74) is 6.45. The van der Waals surface area contributed by atoms with Crippen LogP contribution in [0.25, 0.3) is 0 Å². The number of carboxylic acids is 1. The molecule has 2 atom stereocenters. The second kappa shape index (κ2) is 5.70. The molecule has 1 saturated heterocycles. The first-order chi connectivity index (χ1) is 9.49. The number of nitrogens with two attached hydrogens (primary N) is 1. The van der Waals surface area contributed by atoms with Crippen molar-refractivity contribution in [3.63, 3.8) is 0 Å². The number of carboxylic acid groups (broad SMARTS) is 1. The summed E-state index contributed by atoms with van der Waals surface area (Å²) in [6.45, 7) is -0.158. The number of nitrogens with one attached hydrogen (secondary N) is 1. The van der Waals surface area contributed by atoms with Crippen molar-refractivity contribution in [1.29, 1.82) is 0 Å². The van der Waals surface area contributed by atoms with Gasteiger partial charge in [-0.25, -0.2) is 0 Å². The SMILES string of the molecule is NC(C(=O)NC1CN(CC(=O)O)C1=O)c1ccccc1. The Kier molecular flexibility index (Phi) is 3.99. The van der Waals surface area contributed by atoms with Gasteiger partial charge >= 0.3 is 5.97 Å². The van der Waals surface area contributed by atoms with Crippen molar-refractivity contribution in [2.45, 2.75) is 12.1 Å². The van der Waals surface area contributed by atoms with Gasteiger partial charge in [-0.05, 0) is 5.56 Å². The Labute approximate surface area is 115 Å². The molecule has 1 aliphatic heterocycles. The molecule has 7 nitrogen and oxygen atoms in total. The van der Waals surface area contributed by atoms with E-state index in [-0.39, 0.29) is 13.1 Å². The lowest BCUT2D eigenvalue weighted by Crippen LogP contribution is -2.65. The fourth-order valence-corrected chi connectivity index (χ4v) is 1.98. The first-order valence-electron chi connectivity index (χ1n) is 6.10. The van der Waals surface area contributed by atoms with Crippen molar-refractivity contribution in [3.8, 4) is 0 Å². The van der Waals surface area contributed by atoms with Gasteiger partial charge in [-0.15, -0.1) is 0 Å². The monoisotopic (exact) mass is 277 g/mol. The Morgan fingerprint density at radius 1 is 1.40 bits per heavy atom. The maximum Gasteiger partial charge on any atom is 0.323 e. The van der Waals surface area contributed by atoms with Gasteiger partial charge in [0.15, 0.2) is 0 Å². The molecule has 4 N–H and O–H groups in total. The van der Waals surface area contributed by atoms with Gasteiger partial charge in [0.1, 0.15) is 18.6 Å². The lowest BCUT2D eigenvalue weighted by molar-refractivity contribution is -0.153. The predicted octanol–water partition coefficient (Wildman–Crippen LogP) is -0.902. The van der Waals surface area contributed by atoms with E-state index in [1.165, 1.54) is 0 Å². The van der Waals surface area contributed by atoms with Crippen molar-refractivity contribution in [3.05, 3.63) is 35.9 Å². The van der Waals surface area contributed by atoms with Crippen molar-refractivity contribution >= 4 is 17.8 Å². The molecule has 0 aromatic heterocycles. The molecule has 2 rings (SSSR count). The van der Waals surface area contributed by atoms with Crippen LogP contribution >= 0.6 is 0 Å². The molecule has 1 aromatic carbocycles. The highest BCUT2D eigenvalue weighted by molar-refractivity contribution is 5.95. The smallest absolute Gasteiger partial charge is 0.323 e. The zero-order valence-corrected chi connectivity index (χ0v) is 10.7. The van der Waals surface area contributed by atoms with Crippen LogP contribution in [-0.4, -0.2) is 46.9 Å². The number of amides is 2. The van der Waals surface area contributed by atoms with Crippen LogP contribution in [0.2, 0.25) is 0 Å². The van der Waals surface area contributed by atoms with Crippen molar-refractivity contribution in [2.24, 2.45) is 5.73 Å². The summed E-state index contributed by atoms with van der Waals surface area (Å²) in [5, 5.41) is 11.1. The number of rotatable bonds is 5. The van der Waals surface area contributed by atoms with Gasteiger partial charge in [0.05, 0.1) is 6.54 Å². The number of hydrogen-bond acceptors (Lipinski definition) is 4. The minimum absolute atomic E-state index is 0.193. The Bertz CT molecular complexity index is 532. The number of β-lactam (4-membered cyclic amide) rings is 1. The number of carbonyl (C=O) groups excluding carboxylic acids is 2. The molecule has 0 aliphatic carbocycles. The molecule has 20 heavy (non-hydrogen) atoms. The largest absolute Gasteiger partial charge is 0.480 e. The van der Waals surface area contributed by atoms with E-state index >= 15 is 0 Å². The standard InChI is InChI=1S/C13H15N3O4/c14-11(8-4-2-1-3-5-8)12(19)15-9-6-16(13(9)20)7-10(17)18/h1-5,9,11H,6-7,14H2,(H,15,19)(H,17,18). The molecule has 2 unspecified atom stereocenters. The van der Waals surface area contributed by atoms with E-state index in [9.17, 15) is 14.4 Å². The molecule has 0 radical (unpaired) electrons.